The highest BCUT2D eigenvalue weighted by atomic mass is 32.1. The Morgan fingerprint density at radius 2 is 2.05 bits per heavy atom. The smallest absolute Gasteiger partial charge is 0.178 e. The highest BCUT2D eigenvalue weighted by Gasteiger charge is 2.32. The van der Waals surface area contributed by atoms with Crippen molar-refractivity contribution in [2.24, 2.45) is 11.8 Å². The molecule has 118 valence electrons. The zero-order chi connectivity index (χ0) is 15.2. The summed E-state index contributed by atoms with van der Waals surface area (Å²) in [6.07, 6.45) is 8.52. The Hall–Kier alpha value is -1.03. The van der Waals surface area contributed by atoms with Crippen LogP contribution in [0.4, 0.5) is 10.7 Å². The van der Waals surface area contributed by atoms with Gasteiger partial charge in [-0.3, -0.25) is 4.79 Å². The van der Waals surface area contributed by atoms with Crippen LogP contribution in [0.3, 0.4) is 0 Å². The van der Waals surface area contributed by atoms with Gasteiger partial charge in [0.05, 0.1) is 15.6 Å². The summed E-state index contributed by atoms with van der Waals surface area (Å²) in [7, 11) is 0. The monoisotopic (exact) mass is 308 g/mol. The first-order chi connectivity index (χ1) is 10.1. The second-order valence-electron chi connectivity index (χ2n) is 6.56. The summed E-state index contributed by atoms with van der Waals surface area (Å²) >= 11 is 1.52. The molecule has 0 saturated heterocycles. The van der Waals surface area contributed by atoms with Gasteiger partial charge in [0.25, 0.3) is 0 Å². The van der Waals surface area contributed by atoms with Crippen LogP contribution in [0.25, 0.3) is 0 Å². The fraction of sp³-hybridized carbons (Fsp3) is 0.706. The maximum absolute atomic E-state index is 12.0. The number of hydrogen-bond donors (Lipinski definition) is 2. The number of nitrogen functional groups attached to an aromatic ring is 1. The lowest BCUT2D eigenvalue weighted by Crippen LogP contribution is -2.01. The molecule has 3 nitrogen and oxygen atoms in total. The van der Waals surface area contributed by atoms with Crippen molar-refractivity contribution >= 4 is 27.8 Å². The van der Waals surface area contributed by atoms with Crippen molar-refractivity contribution in [1.29, 1.82) is 0 Å². The van der Waals surface area contributed by atoms with Gasteiger partial charge in [0.2, 0.25) is 0 Å². The van der Waals surface area contributed by atoms with Crippen LogP contribution in [-0.4, -0.2) is 12.3 Å². The van der Waals surface area contributed by atoms with Crippen molar-refractivity contribution in [1.82, 2.24) is 0 Å². The van der Waals surface area contributed by atoms with E-state index in [1.165, 1.54) is 43.4 Å². The molecule has 3 N–H and O–H groups in total. The number of nitrogens with one attached hydrogen (secondary N) is 1. The number of anilines is 2. The van der Waals surface area contributed by atoms with E-state index in [2.05, 4.69) is 19.2 Å². The molecule has 0 radical (unpaired) electrons. The third-order valence-electron chi connectivity index (χ3n) is 3.94. The van der Waals surface area contributed by atoms with Gasteiger partial charge in [-0.05, 0) is 31.2 Å². The maximum atomic E-state index is 12.0. The first-order valence-corrected chi connectivity index (χ1v) is 9.07. The third kappa shape index (κ3) is 5.34. The van der Waals surface area contributed by atoms with Gasteiger partial charge in [-0.15, -0.1) is 11.3 Å². The van der Waals surface area contributed by atoms with Crippen molar-refractivity contribution in [3.63, 3.8) is 0 Å². The van der Waals surface area contributed by atoms with Crippen molar-refractivity contribution < 1.29 is 4.79 Å². The largest absolute Gasteiger partial charge is 0.397 e. The van der Waals surface area contributed by atoms with Gasteiger partial charge in [-0.1, -0.05) is 39.5 Å². The lowest BCUT2D eigenvalue weighted by molar-refractivity contribution is 0.0972. The van der Waals surface area contributed by atoms with Crippen LogP contribution >= 0.6 is 11.3 Å². The van der Waals surface area contributed by atoms with E-state index in [0.717, 1.165) is 35.2 Å². The summed E-state index contributed by atoms with van der Waals surface area (Å²) in [6, 6.07) is 1.92. The number of hydrogen-bond acceptors (Lipinski definition) is 4. The van der Waals surface area contributed by atoms with E-state index in [4.69, 9.17) is 5.73 Å². The fourth-order valence-electron chi connectivity index (χ4n) is 2.46. The standard InChI is InChI=1S/C17H28N2OS/c1-12(2)7-5-3-4-6-10-19-15-11-14(18)17(21-15)16(20)13-8-9-13/h11-13,19H,3-10,18H2,1-2H3. The Morgan fingerprint density at radius 1 is 1.33 bits per heavy atom. The van der Waals surface area contributed by atoms with E-state index >= 15 is 0 Å². The highest BCUT2D eigenvalue weighted by Crippen LogP contribution is 2.38. The molecule has 1 aliphatic carbocycles. The van der Waals surface area contributed by atoms with Crippen LogP contribution in [0.1, 0.15) is 68.5 Å². The summed E-state index contributed by atoms with van der Waals surface area (Å²) in [5.74, 6) is 1.32. The van der Waals surface area contributed by atoms with Crippen molar-refractivity contribution in [2.45, 2.75) is 58.8 Å². The van der Waals surface area contributed by atoms with Gasteiger partial charge in [-0.25, -0.2) is 0 Å². The quantitative estimate of drug-likeness (QED) is 0.475. The molecule has 2 rings (SSSR count). The van der Waals surface area contributed by atoms with Gasteiger partial charge in [-0.2, -0.15) is 0 Å². The molecule has 4 heteroatoms. The molecule has 1 saturated carbocycles. The minimum atomic E-state index is 0.249. The molecule has 0 aromatic carbocycles. The lowest BCUT2D eigenvalue weighted by Gasteiger charge is -2.05. The number of Topliss-reactive ketones (excluding diaryl/α,β-unsaturated/α-hetero) is 1. The molecule has 1 fully saturated rings. The highest BCUT2D eigenvalue weighted by molar-refractivity contribution is 7.18. The Bertz CT molecular complexity index is 463. The lowest BCUT2D eigenvalue weighted by atomic mass is 10.0. The number of ketones is 1. The van der Waals surface area contributed by atoms with Gasteiger partial charge in [0, 0.05) is 12.5 Å². The Balaban J connectivity index is 1.64. The average molecular weight is 308 g/mol. The van der Waals surface area contributed by atoms with E-state index in [-0.39, 0.29) is 11.7 Å². The van der Waals surface area contributed by atoms with Crippen molar-refractivity contribution in [2.75, 3.05) is 17.6 Å². The first kappa shape index (κ1) is 16.3. The number of carbonyl (C=O) groups excluding carboxylic acids is 1. The SMILES string of the molecule is CC(C)CCCCCCNc1cc(N)c(C(=O)C2CC2)s1. The van der Waals surface area contributed by atoms with Crippen LogP contribution < -0.4 is 11.1 Å². The Morgan fingerprint density at radius 3 is 2.71 bits per heavy atom. The molecule has 1 aromatic rings. The molecule has 0 aliphatic heterocycles. The second-order valence-corrected chi connectivity index (χ2v) is 7.61. The van der Waals surface area contributed by atoms with Gasteiger partial charge < -0.3 is 11.1 Å². The molecule has 0 atom stereocenters. The van der Waals surface area contributed by atoms with Crippen molar-refractivity contribution in [3.8, 4) is 0 Å². The van der Waals surface area contributed by atoms with Gasteiger partial charge in [0.1, 0.15) is 0 Å². The molecule has 0 spiro atoms. The van der Waals surface area contributed by atoms with Crippen LogP contribution in [0.5, 0.6) is 0 Å². The van der Waals surface area contributed by atoms with Crippen LogP contribution in [-0.2, 0) is 0 Å². The number of rotatable bonds is 10. The summed E-state index contributed by atoms with van der Waals surface area (Å²) in [4.78, 5) is 12.8. The molecule has 1 heterocycles. The van der Waals surface area contributed by atoms with E-state index in [9.17, 15) is 4.79 Å². The number of carbonyl (C=O) groups is 1. The third-order valence-corrected chi connectivity index (χ3v) is 5.06. The molecule has 0 unspecified atom stereocenters. The van der Waals surface area contributed by atoms with Crippen LogP contribution in [0.15, 0.2) is 6.07 Å². The topological polar surface area (TPSA) is 55.1 Å². The normalized spacial score (nSPS) is 14.6. The molecular weight excluding hydrogens is 280 g/mol. The Kier molecular flexibility index (Phi) is 6.09. The zero-order valence-electron chi connectivity index (χ0n) is 13.3. The molecule has 0 amide bonds. The van der Waals surface area contributed by atoms with E-state index in [1.54, 1.807) is 0 Å². The summed E-state index contributed by atoms with van der Waals surface area (Å²) in [6.45, 7) is 5.53. The minimum absolute atomic E-state index is 0.249. The van der Waals surface area contributed by atoms with Crippen LogP contribution in [0, 0.1) is 11.8 Å². The predicted molar refractivity (Wildman–Crippen MR) is 92.2 cm³/mol. The number of thiophene rings is 1. The summed E-state index contributed by atoms with van der Waals surface area (Å²) in [5, 5.41) is 4.45. The minimum Gasteiger partial charge on any atom is -0.397 e. The predicted octanol–water partition coefficient (Wildman–Crippen LogP) is 4.94. The molecule has 1 aromatic heterocycles. The number of unbranched alkanes of at least 4 members (excludes halogenated alkanes) is 3. The van der Waals surface area contributed by atoms with Gasteiger partial charge in [0.15, 0.2) is 5.78 Å². The zero-order valence-corrected chi connectivity index (χ0v) is 14.1. The molecule has 21 heavy (non-hydrogen) atoms. The summed E-state index contributed by atoms with van der Waals surface area (Å²) in [5.41, 5.74) is 6.61. The molecule has 0 bridgehead atoms. The first-order valence-electron chi connectivity index (χ1n) is 8.25. The van der Waals surface area contributed by atoms with Crippen LogP contribution in [0.2, 0.25) is 0 Å². The fourth-order valence-corrected chi connectivity index (χ4v) is 3.48. The second kappa shape index (κ2) is 7.83. The molecule has 1 aliphatic rings. The maximum Gasteiger partial charge on any atom is 0.178 e. The van der Waals surface area contributed by atoms with Crippen molar-refractivity contribution in [3.05, 3.63) is 10.9 Å². The van der Waals surface area contributed by atoms with E-state index in [1.807, 2.05) is 6.07 Å². The summed E-state index contributed by atoms with van der Waals surface area (Å²) < 4.78 is 0. The average Bonchev–Trinajstić information content (AvgIpc) is 3.21. The Labute approximate surface area is 132 Å². The van der Waals surface area contributed by atoms with E-state index in [0.29, 0.717) is 5.69 Å². The molecular formula is C17H28N2OS. The van der Waals surface area contributed by atoms with Gasteiger partial charge >= 0.3 is 0 Å². The number of nitrogens with two attached hydrogens (primary N) is 1. The van der Waals surface area contributed by atoms with E-state index < -0.39 is 0 Å².